The van der Waals surface area contributed by atoms with Crippen LogP contribution in [-0.2, 0) is 0 Å². The van der Waals surface area contributed by atoms with Gasteiger partial charge in [0.1, 0.15) is 5.69 Å². The highest BCUT2D eigenvalue weighted by Gasteiger charge is 2.43. The molecule has 1 aliphatic heterocycles. The lowest BCUT2D eigenvalue weighted by Gasteiger charge is -2.30. The molecule has 4 rings (SSSR count). The lowest BCUT2D eigenvalue weighted by Crippen LogP contribution is -2.35. The van der Waals surface area contributed by atoms with Crippen molar-refractivity contribution < 1.29 is 14.3 Å². The topological polar surface area (TPSA) is 67.5 Å². The van der Waals surface area contributed by atoms with E-state index in [9.17, 15) is 4.79 Å². The number of benzene rings is 2. The van der Waals surface area contributed by atoms with Gasteiger partial charge < -0.3 is 14.4 Å². The second-order valence-electron chi connectivity index (χ2n) is 8.28. The number of unbranched alkanes of at least 4 members (excludes halogenated alkanes) is 1. The molecule has 2 aromatic carbocycles. The number of nitrogens with zero attached hydrogens (tertiary/aromatic N) is 2. The van der Waals surface area contributed by atoms with Crippen molar-refractivity contribution in [2.75, 3.05) is 13.2 Å². The van der Waals surface area contributed by atoms with Crippen LogP contribution in [0.4, 0.5) is 0 Å². The Hall–Kier alpha value is -3.28. The fraction of sp³-hybridized carbons (Fsp3) is 0.385. The van der Waals surface area contributed by atoms with Crippen LogP contribution in [0.5, 0.6) is 11.5 Å². The fourth-order valence-electron chi connectivity index (χ4n) is 4.25. The van der Waals surface area contributed by atoms with E-state index in [1.807, 2.05) is 74.2 Å². The van der Waals surface area contributed by atoms with Crippen LogP contribution >= 0.6 is 0 Å². The van der Waals surface area contributed by atoms with Crippen molar-refractivity contribution in [1.82, 2.24) is 15.1 Å². The molecule has 0 bridgehead atoms. The molecule has 1 aliphatic rings. The number of hydrogen-bond acceptors (Lipinski definition) is 4. The van der Waals surface area contributed by atoms with E-state index in [1.54, 1.807) is 0 Å². The highest BCUT2D eigenvalue weighted by Crippen LogP contribution is 2.45. The molecule has 0 saturated carbocycles. The van der Waals surface area contributed by atoms with E-state index in [1.165, 1.54) is 0 Å². The first kappa shape index (κ1) is 21.9. The zero-order valence-corrected chi connectivity index (χ0v) is 19.2. The minimum Gasteiger partial charge on any atom is -0.490 e. The summed E-state index contributed by atoms with van der Waals surface area (Å²) in [4.78, 5) is 15.2. The highest BCUT2D eigenvalue weighted by atomic mass is 16.5. The molecule has 6 heteroatoms. The normalized spacial score (nSPS) is 15.3. The molecule has 0 spiro atoms. The summed E-state index contributed by atoms with van der Waals surface area (Å²) in [5.41, 5.74) is 4.25. The van der Waals surface area contributed by atoms with Crippen LogP contribution in [0.2, 0.25) is 0 Å². The summed E-state index contributed by atoms with van der Waals surface area (Å²) in [5.74, 6) is 1.41. The number of carbonyl (C=O) groups is 1. The van der Waals surface area contributed by atoms with Crippen LogP contribution in [0.1, 0.15) is 68.2 Å². The van der Waals surface area contributed by atoms with Crippen molar-refractivity contribution in [3.63, 3.8) is 0 Å². The summed E-state index contributed by atoms with van der Waals surface area (Å²) >= 11 is 0. The Balaban J connectivity index is 1.81. The predicted octanol–water partition coefficient (Wildman–Crippen LogP) is 5.61. The van der Waals surface area contributed by atoms with Crippen molar-refractivity contribution >= 4 is 5.91 Å². The van der Waals surface area contributed by atoms with Crippen LogP contribution < -0.4 is 9.47 Å². The number of fused-ring (bicyclic) bond motifs is 1. The maximum Gasteiger partial charge on any atom is 0.273 e. The molecule has 168 valence electrons. The van der Waals surface area contributed by atoms with E-state index in [-0.39, 0.29) is 18.0 Å². The number of rotatable bonds is 9. The number of H-pyrrole nitrogens is 1. The summed E-state index contributed by atoms with van der Waals surface area (Å²) in [7, 11) is 0. The molecular formula is C26H31N3O3. The van der Waals surface area contributed by atoms with Crippen molar-refractivity contribution in [2.45, 2.75) is 52.6 Å². The molecule has 0 radical (unpaired) electrons. The Morgan fingerprint density at radius 3 is 2.53 bits per heavy atom. The first-order valence-electron chi connectivity index (χ1n) is 11.4. The molecule has 1 unspecified atom stereocenters. The summed E-state index contributed by atoms with van der Waals surface area (Å²) < 4.78 is 11.9. The van der Waals surface area contributed by atoms with E-state index in [2.05, 4.69) is 17.1 Å². The molecule has 0 aliphatic carbocycles. The van der Waals surface area contributed by atoms with Crippen molar-refractivity contribution in [3.8, 4) is 22.8 Å². The van der Waals surface area contributed by atoms with Crippen molar-refractivity contribution in [2.24, 2.45) is 0 Å². The van der Waals surface area contributed by atoms with Crippen LogP contribution in [0.15, 0.2) is 48.5 Å². The van der Waals surface area contributed by atoms with Gasteiger partial charge in [0.05, 0.1) is 24.9 Å². The standard InChI is InChI=1S/C26H31N3O3/c1-5-7-15-32-20-14-13-19(16-21(20)31-6-2)25-22-23(18-11-9-8-10-12-18)27-28-24(22)26(30)29(25)17(3)4/h8-14,16-17,25H,5-7,15H2,1-4H3,(H,27,28). The Labute approximate surface area is 189 Å². The van der Waals surface area contributed by atoms with Gasteiger partial charge in [-0.05, 0) is 44.9 Å². The Kier molecular flexibility index (Phi) is 6.49. The third-order valence-electron chi connectivity index (χ3n) is 5.75. The van der Waals surface area contributed by atoms with Crippen LogP contribution in [0.25, 0.3) is 11.3 Å². The molecular weight excluding hydrogens is 402 g/mol. The van der Waals surface area contributed by atoms with E-state index in [0.717, 1.165) is 41.0 Å². The monoisotopic (exact) mass is 433 g/mol. The van der Waals surface area contributed by atoms with E-state index in [4.69, 9.17) is 9.47 Å². The predicted molar refractivity (Wildman–Crippen MR) is 125 cm³/mol. The lowest BCUT2D eigenvalue weighted by molar-refractivity contribution is 0.0687. The Morgan fingerprint density at radius 1 is 1.06 bits per heavy atom. The van der Waals surface area contributed by atoms with Gasteiger partial charge in [0, 0.05) is 17.2 Å². The summed E-state index contributed by atoms with van der Waals surface area (Å²) in [5, 5.41) is 7.53. The molecule has 2 heterocycles. The summed E-state index contributed by atoms with van der Waals surface area (Å²) in [6.07, 6.45) is 2.06. The number of carbonyl (C=O) groups excluding carboxylic acids is 1. The van der Waals surface area contributed by atoms with Gasteiger partial charge in [0.25, 0.3) is 5.91 Å². The van der Waals surface area contributed by atoms with Gasteiger partial charge in [0.15, 0.2) is 11.5 Å². The number of ether oxygens (including phenoxy) is 2. The van der Waals surface area contributed by atoms with Gasteiger partial charge >= 0.3 is 0 Å². The van der Waals surface area contributed by atoms with E-state index < -0.39 is 0 Å². The SMILES string of the molecule is CCCCOc1ccc(C2c3c(-c4ccccc4)n[nH]c3C(=O)N2C(C)C)cc1OCC. The first-order chi connectivity index (χ1) is 15.6. The second-order valence-corrected chi connectivity index (χ2v) is 8.28. The zero-order chi connectivity index (χ0) is 22.7. The average Bonchev–Trinajstić information content (AvgIpc) is 3.35. The number of aromatic nitrogens is 2. The van der Waals surface area contributed by atoms with Gasteiger partial charge in [-0.2, -0.15) is 5.10 Å². The quantitative estimate of drug-likeness (QED) is 0.446. The Bertz CT molecular complexity index is 1080. The highest BCUT2D eigenvalue weighted by molar-refractivity contribution is 6.00. The van der Waals surface area contributed by atoms with Crippen molar-refractivity contribution in [3.05, 3.63) is 65.4 Å². The van der Waals surface area contributed by atoms with Crippen molar-refractivity contribution in [1.29, 1.82) is 0 Å². The van der Waals surface area contributed by atoms with Gasteiger partial charge in [0.2, 0.25) is 0 Å². The van der Waals surface area contributed by atoms with Crippen LogP contribution in [-0.4, -0.2) is 40.3 Å². The fourth-order valence-corrected chi connectivity index (χ4v) is 4.25. The average molecular weight is 434 g/mol. The zero-order valence-electron chi connectivity index (χ0n) is 19.2. The molecule has 1 atom stereocenters. The summed E-state index contributed by atoms with van der Waals surface area (Å²) in [6.45, 7) is 9.37. The van der Waals surface area contributed by atoms with Gasteiger partial charge in [-0.15, -0.1) is 0 Å². The minimum absolute atomic E-state index is 0.0212. The smallest absolute Gasteiger partial charge is 0.273 e. The molecule has 32 heavy (non-hydrogen) atoms. The molecule has 0 fully saturated rings. The molecule has 3 aromatic rings. The third-order valence-corrected chi connectivity index (χ3v) is 5.75. The number of nitrogens with one attached hydrogen (secondary N) is 1. The second kappa shape index (κ2) is 9.47. The number of amides is 1. The van der Waals surface area contributed by atoms with Gasteiger partial charge in [-0.3, -0.25) is 9.89 Å². The van der Waals surface area contributed by atoms with Crippen LogP contribution in [0.3, 0.4) is 0 Å². The molecule has 1 N–H and O–H groups in total. The van der Waals surface area contributed by atoms with E-state index >= 15 is 0 Å². The van der Waals surface area contributed by atoms with Crippen LogP contribution in [0, 0.1) is 0 Å². The molecule has 1 aromatic heterocycles. The maximum absolute atomic E-state index is 13.3. The largest absolute Gasteiger partial charge is 0.490 e. The molecule has 1 amide bonds. The maximum atomic E-state index is 13.3. The van der Waals surface area contributed by atoms with Gasteiger partial charge in [-0.25, -0.2) is 0 Å². The number of hydrogen-bond donors (Lipinski definition) is 1. The Morgan fingerprint density at radius 2 is 1.84 bits per heavy atom. The van der Waals surface area contributed by atoms with Gasteiger partial charge in [-0.1, -0.05) is 49.7 Å². The summed E-state index contributed by atoms with van der Waals surface area (Å²) in [6, 6.07) is 15.8. The lowest BCUT2D eigenvalue weighted by atomic mass is 9.95. The first-order valence-corrected chi connectivity index (χ1v) is 11.4. The van der Waals surface area contributed by atoms with E-state index in [0.29, 0.717) is 24.7 Å². The molecule has 0 saturated heterocycles. The number of aromatic amines is 1. The molecule has 6 nitrogen and oxygen atoms in total. The minimum atomic E-state index is -0.254. The third kappa shape index (κ3) is 3.97.